The molecule has 0 fully saturated rings. The number of ether oxygens (including phenoxy) is 3. The summed E-state index contributed by atoms with van der Waals surface area (Å²) in [6, 6.07) is 13.8. The quantitative estimate of drug-likeness (QED) is 0.598. The number of nitrogens with zero attached hydrogens (tertiary/aromatic N) is 1. The monoisotopic (exact) mass is 343 g/mol. The van der Waals surface area contributed by atoms with Crippen molar-refractivity contribution in [1.82, 2.24) is 10.6 Å². The van der Waals surface area contributed by atoms with Gasteiger partial charge in [0.25, 0.3) is 0 Å². The van der Waals surface area contributed by atoms with Crippen molar-refractivity contribution in [3.63, 3.8) is 0 Å². The molecule has 2 N–H and O–H groups in total. The summed E-state index contributed by atoms with van der Waals surface area (Å²) in [5.74, 6) is 2.98. The first-order chi connectivity index (χ1) is 12.2. The summed E-state index contributed by atoms with van der Waals surface area (Å²) in [7, 11) is 6.66. The van der Waals surface area contributed by atoms with Crippen LogP contribution in [0.3, 0.4) is 0 Å². The Morgan fingerprint density at radius 2 is 1.52 bits per heavy atom. The van der Waals surface area contributed by atoms with E-state index in [1.54, 1.807) is 28.4 Å². The molecule has 0 heterocycles. The van der Waals surface area contributed by atoms with Gasteiger partial charge in [-0.2, -0.15) is 0 Å². The van der Waals surface area contributed by atoms with Crippen LogP contribution in [0.2, 0.25) is 0 Å². The van der Waals surface area contributed by atoms with Crippen molar-refractivity contribution < 1.29 is 14.2 Å². The molecule has 0 saturated heterocycles. The van der Waals surface area contributed by atoms with Crippen LogP contribution in [0.5, 0.6) is 17.2 Å². The topological polar surface area (TPSA) is 64.1 Å². The number of rotatable bonds is 7. The van der Waals surface area contributed by atoms with E-state index in [-0.39, 0.29) is 0 Å². The van der Waals surface area contributed by atoms with E-state index in [9.17, 15) is 0 Å². The van der Waals surface area contributed by atoms with Crippen molar-refractivity contribution in [3.8, 4) is 17.2 Å². The van der Waals surface area contributed by atoms with Gasteiger partial charge >= 0.3 is 0 Å². The van der Waals surface area contributed by atoms with Crippen LogP contribution in [0.4, 0.5) is 0 Å². The van der Waals surface area contributed by atoms with Gasteiger partial charge in [0, 0.05) is 20.1 Å². The molecule has 2 rings (SSSR count). The van der Waals surface area contributed by atoms with Gasteiger partial charge in [0.05, 0.1) is 21.3 Å². The number of guanidine groups is 1. The van der Waals surface area contributed by atoms with Gasteiger partial charge in [-0.05, 0) is 35.4 Å². The molecule has 6 nitrogen and oxygen atoms in total. The second-order valence-corrected chi connectivity index (χ2v) is 5.32. The molecule has 0 spiro atoms. The Bertz CT molecular complexity index is 717. The van der Waals surface area contributed by atoms with Gasteiger partial charge in [0.2, 0.25) is 0 Å². The number of methoxy groups -OCH3 is 3. The summed E-state index contributed by atoms with van der Waals surface area (Å²) < 4.78 is 15.8. The van der Waals surface area contributed by atoms with Gasteiger partial charge in [-0.25, -0.2) is 0 Å². The molecule has 0 radical (unpaired) electrons. The minimum absolute atomic E-state index is 0.623. The fraction of sp³-hybridized carbons (Fsp3) is 0.316. The summed E-state index contributed by atoms with van der Waals surface area (Å²) >= 11 is 0. The second kappa shape index (κ2) is 9.42. The highest BCUT2D eigenvalue weighted by molar-refractivity contribution is 5.79. The van der Waals surface area contributed by atoms with E-state index in [0.717, 1.165) is 22.8 Å². The Hall–Kier alpha value is -2.89. The second-order valence-electron chi connectivity index (χ2n) is 5.32. The summed E-state index contributed by atoms with van der Waals surface area (Å²) in [6.45, 7) is 1.28. The smallest absolute Gasteiger partial charge is 0.191 e. The summed E-state index contributed by atoms with van der Waals surface area (Å²) in [6.07, 6.45) is 0. The molecule has 0 atom stereocenters. The molecule has 25 heavy (non-hydrogen) atoms. The molecule has 0 aliphatic heterocycles. The maximum absolute atomic E-state index is 5.33. The highest BCUT2D eigenvalue weighted by atomic mass is 16.5. The van der Waals surface area contributed by atoms with E-state index < -0.39 is 0 Å². The van der Waals surface area contributed by atoms with Gasteiger partial charge in [0.15, 0.2) is 17.5 Å². The third-order valence-corrected chi connectivity index (χ3v) is 3.73. The average molecular weight is 343 g/mol. The predicted molar refractivity (Wildman–Crippen MR) is 99.6 cm³/mol. The molecule has 0 amide bonds. The van der Waals surface area contributed by atoms with Crippen LogP contribution in [-0.2, 0) is 13.1 Å². The zero-order valence-corrected chi connectivity index (χ0v) is 15.1. The molecule has 0 aliphatic rings. The van der Waals surface area contributed by atoms with Crippen LogP contribution in [0.15, 0.2) is 47.5 Å². The van der Waals surface area contributed by atoms with Crippen molar-refractivity contribution in [2.24, 2.45) is 4.99 Å². The van der Waals surface area contributed by atoms with Crippen molar-refractivity contribution in [1.29, 1.82) is 0 Å². The zero-order valence-electron chi connectivity index (χ0n) is 15.1. The lowest BCUT2D eigenvalue weighted by atomic mass is 10.2. The van der Waals surface area contributed by atoms with E-state index in [2.05, 4.69) is 15.6 Å². The zero-order chi connectivity index (χ0) is 18.1. The van der Waals surface area contributed by atoms with Crippen molar-refractivity contribution >= 4 is 5.96 Å². The first-order valence-electron chi connectivity index (χ1n) is 7.98. The van der Waals surface area contributed by atoms with Crippen LogP contribution in [0.25, 0.3) is 0 Å². The van der Waals surface area contributed by atoms with Crippen LogP contribution in [-0.4, -0.2) is 34.3 Å². The molecule has 2 aromatic carbocycles. The molecule has 0 bridgehead atoms. The third kappa shape index (κ3) is 5.31. The Balaban J connectivity index is 1.92. The molecular formula is C19H25N3O3. The maximum Gasteiger partial charge on any atom is 0.191 e. The number of hydrogen-bond acceptors (Lipinski definition) is 4. The normalized spacial score (nSPS) is 11.0. The minimum atomic E-state index is 0.623. The van der Waals surface area contributed by atoms with E-state index >= 15 is 0 Å². The largest absolute Gasteiger partial charge is 0.497 e. The first kappa shape index (κ1) is 18.4. The lowest BCUT2D eigenvalue weighted by Gasteiger charge is -2.14. The van der Waals surface area contributed by atoms with Gasteiger partial charge < -0.3 is 24.8 Å². The number of nitrogens with one attached hydrogen (secondary N) is 2. The Morgan fingerprint density at radius 3 is 2.12 bits per heavy atom. The molecular weight excluding hydrogens is 318 g/mol. The molecule has 2 aromatic rings. The Labute approximate surface area is 148 Å². The molecule has 0 aromatic heterocycles. The maximum atomic E-state index is 5.33. The number of hydrogen-bond donors (Lipinski definition) is 2. The van der Waals surface area contributed by atoms with Gasteiger partial charge in [-0.15, -0.1) is 0 Å². The van der Waals surface area contributed by atoms with E-state index in [0.29, 0.717) is 24.6 Å². The fourth-order valence-corrected chi connectivity index (χ4v) is 2.37. The highest BCUT2D eigenvalue weighted by Gasteiger charge is 2.05. The van der Waals surface area contributed by atoms with Crippen molar-refractivity contribution in [2.75, 3.05) is 28.4 Å². The van der Waals surface area contributed by atoms with Crippen LogP contribution >= 0.6 is 0 Å². The summed E-state index contributed by atoms with van der Waals surface area (Å²) in [5, 5.41) is 6.57. The lowest BCUT2D eigenvalue weighted by molar-refractivity contribution is 0.354. The fourth-order valence-electron chi connectivity index (χ4n) is 2.37. The van der Waals surface area contributed by atoms with Gasteiger partial charge in [-0.3, -0.25) is 4.99 Å². The Morgan fingerprint density at radius 1 is 0.840 bits per heavy atom. The summed E-state index contributed by atoms with van der Waals surface area (Å²) in [5.41, 5.74) is 2.19. The van der Waals surface area contributed by atoms with E-state index in [1.807, 2.05) is 42.5 Å². The third-order valence-electron chi connectivity index (χ3n) is 3.73. The molecule has 0 unspecified atom stereocenters. The average Bonchev–Trinajstić information content (AvgIpc) is 2.68. The lowest BCUT2D eigenvalue weighted by Crippen LogP contribution is -2.36. The minimum Gasteiger partial charge on any atom is -0.497 e. The molecule has 0 aliphatic carbocycles. The van der Waals surface area contributed by atoms with Crippen molar-refractivity contribution in [3.05, 3.63) is 53.6 Å². The SMILES string of the molecule is CN=C(NCc1cccc(OC)c1)NCc1ccc(OC)c(OC)c1. The van der Waals surface area contributed by atoms with E-state index in [1.165, 1.54) is 0 Å². The van der Waals surface area contributed by atoms with Crippen LogP contribution in [0, 0.1) is 0 Å². The molecule has 0 saturated carbocycles. The molecule has 6 heteroatoms. The highest BCUT2D eigenvalue weighted by Crippen LogP contribution is 2.27. The predicted octanol–water partition coefficient (Wildman–Crippen LogP) is 2.58. The number of aliphatic imine (C=N–C) groups is 1. The van der Waals surface area contributed by atoms with Crippen molar-refractivity contribution in [2.45, 2.75) is 13.1 Å². The standard InChI is InChI=1S/C19H25N3O3/c1-20-19(21-12-14-6-5-7-16(10-14)23-2)22-13-15-8-9-17(24-3)18(11-15)25-4/h5-11H,12-13H2,1-4H3,(H2,20,21,22). The Kier molecular flexibility index (Phi) is 6.95. The van der Waals surface area contributed by atoms with Crippen LogP contribution < -0.4 is 24.8 Å². The van der Waals surface area contributed by atoms with Gasteiger partial charge in [-0.1, -0.05) is 18.2 Å². The summed E-state index contributed by atoms with van der Waals surface area (Å²) in [4.78, 5) is 4.24. The van der Waals surface area contributed by atoms with Crippen LogP contribution in [0.1, 0.15) is 11.1 Å². The number of benzene rings is 2. The van der Waals surface area contributed by atoms with Gasteiger partial charge in [0.1, 0.15) is 5.75 Å². The molecule has 134 valence electrons. The van der Waals surface area contributed by atoms with E-state index in [4.69, 9.17) is 14.2 Å². The first-order valence-corrected chi connectivity index (χ1v) is 7.98.